The summed E-state index contributed by atoms with van der Waals surface area (Å²) < 4.78 is 0. The lowest BCUT2D eigenvalue weighted by atomic mass is 10.1. The van der Waals surface area contributed by atoms with E-state index in [0.29, 0.717) is 6.42 Å². The quantitative estimate of drug-likeness (QED) is 0.903. The molecule has 0 amide bonds. The smallest absolute Gasteiger partial charge is 0.0957 e. The molecule has 1 atom stereocenters. The minimum atomic E-state index is -0.467. The van der Waals surface area contributed by atoms with E-state index in [9.17, 15) is 5.11 Å². The molecular weight excluding hydrogens is 248 g/mol. The fourth-order valence-electron chi connectivity index (χ4n) is 2.21. The van der Waals surface area contributed by atoms with Crippen LogP contribution in [0, 0.1) is 6.92 Å². The number of hydrogen-bond donors (Lipinski definition) is 1. The van der Waals surface area contributed by atoms with Gasteiger partial charge >= 0.3 is 0 Å². The Bertz CT molecular complexity index is 551. The maximum atomic E-state index is 9.75. The molecule has 0 radical (unpaired) electrons. The number of aryl methyl sites for hydroxylation is 1. The minimum absolute atomic E-state index is 0.467. The Labute approximate surface area is 120 Å². The Morgan fingerprint density at radius 2 is 2.05 bits per heavy atom. The van der Waals surface area contributed by atoms with E-state index in [1.165, 1.54) is 11.1 Å². The lowest BCUT2D eigenvalue weighted by Crippen LogP contribution is -2.16. The van der Waals surface area contributed by atoms with Crippen molar-refractivity contribution in [3.63, 3.8) is 0 Å². The topological polar surface area (TPSA) is 36.4 Å². The van der Waals surface area contributed by atoms with Crippen LogP contribution in [0.1, 0.15) is 36.3 Å². The second-order valence-corrected chi connectivity index (χ2v) is 5.21. The van der Waals surface area contributed by atoms with Crippen LogP contribution in [0.2, 0.25) is 0 Å². The average Bonchev–Trinajstić information content (AvgIpc) is 2.46. The van der Waals surface area contributed by atoms with Crippen LogP contribution in [-0.4, -0.2) is 17.1 Å². The van der Waals surface area contributed by atoms with Crippen molar-refractivity contribution in [2.45, 2.75) is 32.9 Å². The molecule has 1 unspecified atom stereocenters. The first-order valence-corrected chi connectivity index (χ1v) is 7.01. The summed E-state index contributed by atoms with van der Waals surface area (Å²) in [6, 6.07) is 12.4. The fraction of sp³-hybridized carbons (Fsp3) is 0.353. The van der Waals surface area contributed by atoms with Gasteiger partial charge in [-0.1, -0.05) is 36.8 Å². The van der Waals surface area contributed by atoms with Crippen LogP contribution >= 0.6 is 0 Å². The van der Waals surface area contributed by atoms with Gasteiger partial charge in [0.1, 0.15) is 0 Å². The maximum absolute atomic E-state index is 9.75. The lowest BCUT2D eigenvalue weighted by Gasteiger charge is -2.20. The monoisotopic (exact) mass is 270 g/mol. The van der Waals surface area contributed by atoms with Crippen LogP contribution in [0.5, 0.6) is 0 Å². The molecule has 0 fully saturated rings. The van der Waals surface area contributed by atoms with Gasteiger partial charge in [0.2, 0.25) is 0 Å². The molecule has 3 nitrogen and oxygen atoms in total. The second kappa shape index (κ2) is 6.53. The minimum Gasteiger partial charge on any atom is -0.387 e. The number of aliphatic hydroxyl groups excluding tert-OH is 1. The third kappa shape index (κ3) is 3.58. The van der Waals surface area contributed by atoms with Gasteiger partial charge in [-0.2, -0.15) is 0 Å². The SMILES string of the molecule is CCC(O)c1ccc(N(C)Cc2cccc(C)c2)cn1. The van der Waals surface area contributed by atoms with Gasteiger partial charge < -0.3 is 10.0 Å². The number of nitrogens with zero attached hydrogens (tertiary/aromatic N) is 2. The van der Waals surface area contributed by atoms with Crippen LogP contribution in [0.15, 0.2) is 42.6 Å². The van der Waals surface area contributed by atoms with Gasteiger partial charge in [-0.15, -0.1) is 0 Å². The first-order valence-electron chi connectivity index (χ1n) is 7.01. The van der Waals surface area contributed by atoms with E-state index in [4.69, 9.17) is 0 Å². The summed E-state index contributed by atoms with van der Waals surface area (Å²) in [6.07, 6.45) is 2.04. The first-order chi connectivity index (χ1) is 9.60. The third-order valence-corrected chi connectivity index (χ3v) is 3.44. The van der Waals surface area contributed by atoms with Crippen LogP contribution < -0.4 is 4.90 Å². The standard InChI is InChI=1S/C17H22N2O/c1-4-17(20)16-9-8-15(11-18-16)19(3)12-14-7-5-6-13(2)10-14/h5-11,17,20H,4,12H2,1-3H3. The highest BCUT2D eigenvalue weighted by Gasteiger charge is 2.08. The van der Waals surface area contributed by atoms with Crippen molar-refractivity contribution in [1.82, 2.24) is 4.98 Å². The molecular formula is C17H22N2O. The molecule has 0 aliphatic heterocycles. The summed E-state index contributed by atoms with van der Waals surface area (Å²) in [5.41, 5.74) is 4.35. The zero-order valence-electron chi connectivity index (χ0n) is 12.4. The first kappa shape index (κ1) is 14.5. The fourth-order valence-corrected chi connectivity index (χ4v) is 2.21. The predicted molar refractivity (Wildman–Crippen MR) is 82.8 cm³/mol. The van der Waals surface area contributed by atoms with E-state index < -0.39 is 6.10 Å². The number of rotatable bonds is 5. The van der Waals surface area contributed by atoms with E-state index in [1.807, 2.05) is 25.3 Å². The van der Waals surface area contributed by atoms with Crippen LogP contribution in [0.25, 0.3) is 0 Å². The summed E-state index contributed by atoms with van der Waals surface area (Å²) in [5, 5.41) is 9.75. The Morgan fingerprint density at radius 1 is 1.25 bits per heavy atom. The molecule has 3 heteroatoms. The highest BCUT2D eigenvalue weighted by molar-refractivity contribution is 5.44. The van der Waals surface area contributed by atoms with Gasteiger partial charge in [-0.05, 0) is 31.0 Å². The Balaban J connectivity index is 2.07. The molecule has 0 aliphatic rings. The molecule has 0 saturated carbocycles. The predicted octanol–water partition coefficient (Wildman–Crippen LogP) is 3.47. The van der Waals surface area contributed by atoms with Crippen molar-refractivity contribution in [2.75, 3.05) is 11.9 Å². The summed E-state index contributed by atoms with van der Waals surface area (Å²) in [5.74, 6) is 0. The van der Waals surface area contributed by atoms with E-state index in [0.717, 1.165) is 17.9 Å². The maximum Gasteiger partial charge on any atom is 0.0957 e. The van der Waals surface area contributed by atoms with Gasteiger partial charge in [-0.3, -0.25) is 4.98 Å². The molecule has 106 valence electrons. The van der Waals surface area contributed by atoms with Crippen molar-refractivity contribution in [3.8, 4) is 0 Å². The van der Waals surface area contributed by atoms with Crippen LogP contribution in [-0.2, 0) is 6.54 Å². The molecule has 2 rings (SSSR count). The van der Waals surface area contributed by atoms with Crippen molar-refractivity contribution in [3.05, 3.63) is 59.4 Å². The van der Waals surface area contributed by atoms with Gasteiger partial charge in [0.25, 0.3) is 0 Å². The zero-order valence-corrected chi connectivity index (χ0v) is 12.4. The molecule has 0 aliphatic carbocycles. The van der Waals surface area contributed by atoms with Crippen LogP contribution in [0.4, 0.5) is 5.69 Å². The Kier molecular flexibility index (Phi) is 4.74. The molecule has 2 aromatic rings. The molecule has 1 N–H and O–H groups in total. The highest BCUT2D eigenvalue weighted by atomic mass is 16.3. The van der Waals surface area contributed by atoms with Crippen LogP contribution in [0.3, 0.4) is 0 Å². The molecule has 20 heavy (non-hydrogen) atoms. The third-order valence-electron chi connectivity index (χ3n) is 3.44. The largest absolute Gasteiger partial charge is 0.387 e. The number of hydrogen-bond acceptors (Lipinski definition) is 3. The number of aliphatic hydroxyl groups is 1. The summed E-state index contributed by atoms with van der Waals surface area (Å²) >= 11 is 0. The number of benzene rings is 1. The summed E-state index contributed by atoms with van der Waals surface area (Å²) in [6.45, 7) is 4.90. The molecule has 0 saturated heterocycles. The zero-order chi connectivity index (χ0) is 14.5. The number of pyridine rings is 1. The normalized spacial score (nSPS) is 12.2. The summed E-state index contributed by atoms with van der Waals surface area (Å²) in [4.78, 5) is 6.49. The molecule has 1 aromatic carbocycles. The van der Waals surface area contributed by atoms with Crippen molar-refractivity contribution in [1.29, 1.82) is 0 Å². The highest BCUT2D eigenvalue weighted by Crippen LogP contribution is 2.19. The van der Waals surface area contributed by atoms with Crippen molar-refractivity contribution < 1.29 is 5.11 Å². The Morgan fingerprint density at radius 3 is 2.65 bits per heavy atom. The number of aromatic nitrogens is 1. The van der Waals surface area contributed by atoms with E-state index >= 15 is 0 Å². The molecule has 0 spiro atoms. The molecule has 1 aromatic heterocycles. The van der Waals surface area contributed by atoms with E-state index in [2.05, 4.69) is 48.1 Å². The van der Waals surface area contributed by atoms with Gasteiger partial charge in [0.05, 0.1) is 23.7 Å². The van der Waals surface area contributed by atoms with Gasteiger partial charge in [-0.25, -0.2) is 0 Å². The molecule has 0 bridgehead atoms. The van der Waals surface area contributed by atoms with Gasteiger partial charge in [0.15, 0.2) is 0 Å². The average molecular weight is 270 g/mol. The van der Waals surface area contributed by atoms with E-state index in [-0.39, 0.29) is 0 Å². The summed E-state index contributed by atoms with van der Waals surface area (Å²) in [7, 11) is 2.05. The number of anilines is 1. The van der Waals surface area contributed by atoms with Crippen molar-refractivity contribution in [2.24, 2.45) is 0 Å². The van der Waals surface area contributed by atoms with Crippen molar-refractivity contribution >= 4 is 5.69 Å². The second-order valence-electron chi connectivity index (χ2n) is 5.21. The lowest BCUT2D eigenvalue weighted by molar-refractivity contribution is 0.169. The molecule has 1 heterocycles. The van der Waals surface area contributed by atoms with Gasteiger partial charge in [0, 0.05) is 13.6 Å². The van der Waals surface area contributed by atoms with E-state index in [1.54, 1.807) is 0 Å². The Hall–Kier alpha value is -1.87.